The molecule has 0 aromatic rings. The minimum atomic E-state index is -0.647. The molecule has 0 bridgehead atoms. The van der Waals surface area contributed by atoms with Crippen LogP contribution in [0.25, 0.3) is 0 Å². The third kappa shape index (κ3) is 6.18. The van der Waals surface area contributed by atoms with Gasteiger partial charge in [0, 0.05) is 13.5 Å². The molecule has 2 N–H and O–H groups in total. The Kier molecular flexibility index (Phi) is 9.88. The third-order valence-electron chi connectivity index (χ3n) is 12.9. The molecule has 4 aliphatic carbocycles. The molecule has 9 unspecified atom stereocenters. The minimum Gasteiger partial charge on any atom is -0.462 e. The molecule has 0 radical (unpaired) electrons. The van der Waals surface area contributed by atoms with E-state index in [1.54, 1.807) is 7.11 Å². The van der Waals surface area contributed by atoms with Crippen LogP contribution in [0.4, 0.5) is 0 Å². The van der Waals surface area contributed by atoms with Gasteiger partial charge in [-0.15, -0.1) is 0 Å². The van der Waals surface area contributed by atoms with Crippen molar-refractivity contribution < 1.29 is 34.0 Å². The van der Waals surface area contributed by atoms with Crippen LogP contribution in [-0.2, 0) is 23.8 Å². The maximum absolute atomic E-state index is 12.8. The van der Waals surface area contributed by atoms with Crippen molar-refractivity contribution in [2.45, 2.75) is 144 Å². The second kappa shape index (κ2) is 12.3. The summed E-state index contributed by atoms with van der Waals surface area (Å²) in [5, 5.41) is 23.6. The number of ether oxygens (including phenoxy) is 3. The zero-order valence-corrected chi connectivity index (χ0v) is 27.9. The zero-order chi connectivity index (χ0) is 31.3. The molecule has 4 rings (SSSR count). The Morgan fingerprint density at radius 3 is 2.33 bits per heavy atom. The first-order valence-electron chi connectivity index (χ1n) is 16.8. The molecule has 0 heterocycles. The van der Waals surface area contributed by atoms with E-state index in [-0.39, 0.29) is 58.5 Å². The highest BCUT2D eigenvalue weighted by Crippen LogP contribution is 2.68. The number of fused-ring (bicyclic) bond motifs is 5. The lowest BCUT2D eigenvalue weighted by atomic mass is 9.43. The van der Waals surface area contributed by atoms with Gasteiger partial charge in [0.05, 0.1) is 24.2 Å². The summed E-state index contributed by atoms with van der Waals surface area (Å²) in [6, 6.07) is 0. The van der Waals surface area contributed by atoms with Crippen molar-refractivity contribution in [3.05, 3.63) is 0 Å². The number of rotatable bonds is 10. The molecule has 11 atom stereocenters. The SMILES string of the molecule is CCC(C)(C)C(=O)OC1CC[C@@]2(C)C(C1)CC(O)C1C2CC(O)[C@]2(C)C(C(C)CCC(=O)OC(C)(C)COC)CCC12. The summed E-state index contributed by atoms with van der Waals surface area (Å²) < 4.78 is 16.9. The molecule has 4 fully saturated rings. The molecule has 0 aliphatic heterocycles. The van der Waals surface area contributed by atoms with Crippen LogP contribution in [-0.4, -0.2) is 59.8 Å². The summed E-state index contributed by atoms with van der Waals surface area (Å²) in [7, 11) is 1.61. The Labute approximate surface area is 254 Å². The highest BCUT2D eigenvalue weighted by Gasteiger charge is 2.66. The Morgan fingerprint density at radius 1 is 1.00 bits per heavy atom. The lowest BCUT2D eigenvalue weighted by molar-refractivity contribution is -0.210. The Hall–Kier alpha value is -1.18. The highest BCUT2D eigenvalue weighted by atomic mass is 16.6. The first-order chi connectivity index (χ1) is 19.5. The van der Waals surface area contributed by atoms with Gasteiger partial charge in [-0.1, -0.05) is 27.7 Å². The van der Waals surface area contributed by atoms with Crippen molar-refractivity contribution in [3.63, 3.8) is 0 Å². The maximum Gasteiger partial charge on any atom is 0.311 e. The maximum atomic E-state index is 12.8. The molecule has 0 saturated heterocycles. The van der Waals surface area contributed by atoms with Crippen molar-refractivity contribution in [2.24, 2.45) is 51.8 Å². The van der Waals surface area contributed by atoms with E-state index in [0.29, 0.717) is 25.4 Å². The summed E-state index contributed by atoms with van der Waals surface area (Å²) in [6.45, 7) is 16.9. The van der Waals surface area contributed by atoms with Crippen LogP contribution in [0.1, 0.15) is 120 Å². The van der Waals surface area contributed by atoms with Crippen molar-refractivity contribution in [2.75, 3.05) is 13.7 Å². The number of esters is 2. The molecule has 242 valence electrons. The fraction of sp³-hybridized carbons (Fsp3) is 0.943. The van der Waals surface area contributed by atoms with Crippen LogP contribution < -0.4 is 0 Å². The fourth-order valence-corrected chi connectivity index (χ4v) is 9.96. The van der Waals surface area contributed by atoms with Gasteiger partial charge in [0.2, 0.25) is 0 Å². The van der Waals surface area contributed by atoms with Gasteiger partial charge in [0.15, 0.2) is 0 Å². The minimum absolute atomic E-state index is 0.0257. The molecular formula is C35H60O7. The largest absolute Gasteiger partial charge is 0.462 e. The average Bonchev–Trinajstić information content (AvgIpc) is 3.26. The van der Waals surface area contributed by atoms with Crippen molar-refractivity contribution in [3.8, 4) is 0 Å². The first kappa shape index (κ1) is 33.7. The van der Waals surface area contributed by atoms with Crippen molar-refractivity contribution >= 4 is 11.9 Å². The Bertz CT molecular complexity index is 976. The van der Waals surface area contributed by atoms with E-state index >= 15 is 0 Å². The third-order valence-corrected chi connectivity index (χ3v) is 12.9. The van der Waals surface area contributed by atoms with Crippen LogP contribution >= 0.6 is 0 Å². The molecule has 0 amide bonds. The van der Waals surface area contributed by atoms with Crippen LogP contribution in [0.15, 0.2) is 0 Å². The van der Waals surface area contributed by atoms with E-state index in [1.807, 2.05) is 34.6 Å². The predicted octanol–water partition coefficient (Wildman–Crippen LogP) is 6.32. The van der Waals surface area contributed by atoms with Crippen LogP contribution in [0.2, 0.25) is 0 Å². The van der Waals surface area contributed by atoms with Gasteiger partial charge in [-0.2, -0.15) is 0 Å². The van der Waals surface area contributed by atoms with E-state index < -0.39 is 23.2 Å². The van der Waals surface area contributed by atoms with Gasteiger partial charge in [-0.3, -0.25) is 9.59 Å². The second-order valence-corrected chi connectivity index (χ2v) is 16.3. The van der Waals surface area contributed by atoms with E-state index in [1.165, 1.54) is 0 Å². The van der Waals surface area contributed by atoms with E-state index in [2.05, 4.69) is 20.8 Å². The number of aliphatic hydroxyl groups excluding tert-OH is 2. The normalized spacial score (nSPS) is 40.8. The monoisotopic (exact) mass is 592 g/mol. The molecular weight excluding hydrogens is 532 g/mol. The number of hydrogen-bond acceptors (Lipinski definition) is 7. The second-order valence-electron chi connectivity index (χ2n) is 16.3. The highest BCUT2D eigenvalue weighted by molar-refractivity contribution is 5.76. The average molecular weight is 593 g/mol. The molecule has 42 heavy (non-hydrogen) atoms. The first-order valence-corrected chi connectivity index (χ1v) is 16.8. The quantitative estimate of drug-likeness (QED) is 0.286. The Balaban J connectivity index is 1.44. The molecule has 7 heteroatoms. The topological polar surface area (TPSA) is 102 Å². The summed E-state index contributed by atoms with van der Waals surface area (Å²) >= 11 is 0. The molecule has 0 spiro atoms. The van der Waals surface area contributed by atoms with Crippen LogP contribution in [0, 0.1) is 51.8 Å². The smallest absolute Gasteiger partial charge is 0.311 e. The lowest BCUT2D eigenvalue weighted by Gasteiger charge is -2.63. The van der Waals surface area contributed by atoms with Gasteiger partial charge in [-0.25, -0.2) is 0 Å². The van der Waals surface area contributed by atoms with Crippen LogP contribution in [0.5, 0.6) is 0 Å². The summed E-state index contributed by atoms with van der Waals surface area (Å²) in [4.78, 5) is 25.5. The Morgan fingerprint density at radius 2 is 1.69 bits per heavy atom. The number of hydrogen-bond donors (Lipinski definition) is 2. The number of methoxy groups -OCH3 is 1. The van der Waals surface area contributed by atoms with Gasteiger partial charge in [0.25, 0.3) is 0 Å². The van der Waals surface area contributed by atoms with E-state index in [4.69, 9.17) is 14.2 Å². The zero-order valence-electron chi connectivity index (χ0n) is 27.9. The summed E-state index contributed by atoms with van der Waals surface area (Å²) in [6.07, 6.45) is 7.02. The predicted molar refractivity (Wildman–Crippen MR) is 162 cm³/mol. The van der Waals surface area contributed by atoms with Gasteiger partial charge >= 0.3 is 11.9 Å². The number of carbonyl (C=O) groups is 2. The lowest BCUT2D eigenvalue weighted by Crippen LogP contribution is -2.62. The fourth-order valence-electron chi connectivity index (χ4n) is 9.96. The molecule has 4 saturated carbocycles. The molecule has 4 aliphatic rings. The van der Waals surface area contributed by atoms with E-state index in [0.717, 1.165) is 51.4 Å². The van der Waals surface area contributed by atoms with Crippen molar-refractivity contribution in [1.82, 2.24) is 0 Å². The number of carbonyl (C=O) groups excluding carboxylic acids is 2. The van der Waals surface area contributed by atoms with E-state index in [9.17, 15) is 19.8 Å². The van der Waals surface area contributed by atoms with Gasteiger partial charge in [0.1, 0.15) is 11.7 Å². The molecule has 7 nitrogen and oxygen atoms in total. The summed E-state index contributed by atoms with van der Waals surface area (Å²) in [5.41, 5.74) is -1.38. The standard InChI is InChI=1S/C35H60O7/c1-10-32(3,4)31(39)41-23-15-16-34(7)22(17-23)18-27(36)30-25-13-12-24(35(25,8)28(37)19-26(30)34)21(2)11-14-29(38)42-33(5,6)20-40-9/h21-28,30,36-37H,10-20H2,1-9H3/t21?,22?,23?,24?,25?,26?,27?,28?,30?,34-,35+/m0/s1. The van der Waals surface area contributed by atoms with Gasteiger partial charge in [-0.05, 0) is 132 Å². The summed E-state index contributed by atoms with van der Waals surface area (Å²) in [5.74, 6) is 1.23. The van der Waals surface area contributed by atoms with Crippen LogP contribution in [0.3, 0.4) is 0 Å². The molecule has 0 aromatic heterocycles. The molecule has 0 aromatic carbocycles. The van der Waals surface area contributed by atoms with Gasteiger partial charge < -0.3 is 24.4 Å². The van der Waals surface area contributed by atoms with Crippen molar-refractivity contribution in [1.29, 1.82) is 0 Å². The number of aliphatic hydroxyl groups is 2.